The number of aryl methyl sites for hydroxylation is 1. The van der Waals surface area contributed by atoms with Crippen LogP contribution in [-0.4, -0.2) is 9.97 Å². The molecule has 0 saturated carbocycles. The minimum Gasteiger partial charge on any atom is -0.323 e. The smallest absolute Gasteiger partial charge is 0.323 e. The van der Waals surface area contributed by atoms with Crippen molar-refractivity contribution in [2.24, 2.45) is 5.73 Å². The fraction of sp³-hybridized carbons (Fsp3) is 0.429. The standard InChI is InChI=1S/C7H11N3O/c1-4-3-6(5(2)8)10-7(11)9-4/h3,5H,8H2,1-2H3,(H,9,10,11). The third-order valence-corrected chi connectivity index (χ3v) is 1.37. The van der Waals surface area contributed by atoms with Crippen molar-refractivity contribution < 1.29 is 0 Å². The molecule has 0 fully saturated rings. The summed E-state index contributed by atoms with van der Waals surface area (Å²) in [7, 11) is 0. The van der Waals surface area contributed by atoms with Gasteiger partial charge >= 0.3 is 5.69 Å². The minimum atomic E-state index is -0.336. The van der Waals surface area contributed by atoms with Crippen LogP contribution in [0.15, 0.2) is 10.9 Å². The number of nitrogens with two attached hydrogens (primary N) is 1. The lowest BCUT2D eigenvalue weighted by molar-refractivity contribution is 0.760. The number of hydrogen-bond donors (Lipinski definition) is 2. The van der Waals surface area contributed by atoms with Gasteiger partial charge in [0, 0.05) is 11.7 Å². The van der Waals surface area contributed by atoms with Gasteiger partial charge in [-0.2, -0.15) is 4.98 Å². The molecule has 1 heterocycles. The Bertz CT molecular complexity index is 303. The zero-order valence-corrected chi connectivity index (χ0v) is 6.59. The van der Waals surface area contributed by atoms with Crippen molar-refractivity contribution in [3.05, 3.63) is 27.9 Å². The SMILES string of the molecule is Cc1cc(C(C)N)nc(=O)[nH]1. The number of nitrogens with zero attached hydrogens (tertiary/aromatic N) is 1. The maximum absolute atomic E-state index is 10.8. The van der Waals surface area contributed by atoms with Crippen LogP contribution in [0.25, 0.3) is 0 Å². The minimum absolute atomic E-state index is 0.184. The molecule has 3 N–H and O–H groups in total. The van der Waals surface area contributed by atoms with Crippen LogP contribution >= 0.6 is 0 Å². The van der Waals surface area contributed by atoms with E-state index in [-0.39, 0.29) is 11.7 Å². The maximum Gasteiger partial charge on any atom is 0.345 e. The highest BCUT2D eigenvalue weighted by Crippen LogP contribution is 2.02. The normalized spacial score (nSPS) is 13.0. The average Bonchev–Trinajstić information content (AvgIpc) is 1.85. The maximum atomic E-state index is 10.8. The van der Waals surface area contributed by atoms with Gasteiger partial charge in [-0.05, 0) is 19.9 Å². The Morgan fingerprint density at radius 3 is 2.82 bits per heavy atom. The molecule has 4 heteroatoms. The van der Waals surface area contributed by atoms with Crippen molar-refractivity contribution in [2.45, 2.75) is 19.9 Å². The molecule has 0 amide bonds. The largest absolute Gasteiger partial charge is 0.345 e. The summed E-state index contributed by atoms with van der Waals surface area (Å²) in [6.07, 6.45) is 0. The number of aromatic nitrogens is 2. The highest BCUT2D eigenvalue weighted by molar-refractivity contribution is 5.09. The van der Waals surface area contributed by atoms with Crippen LogP contribution in [0.4, 0.5) is 0 Å². The van der Waals surface area contributed by atoms with Gasteiger partial charge in [0.1, 0.15) is 0 Å². The zero-order chi connectivity index (χ0) is 8.43. The van der Waals surface area contributed by atoms with Gasteiger partial charge in [0.15, 0.2) is 0 Å². The monoisotopic (exact) mass is 153 g/mol. The fourth-order valence-electron chi connectivity index (χ4n) is 0.837. The highest BCUT2D eigenvalue weighted by atomic mass is 16.1. The molecule has 1 aromatic heterocycles. The Labute approximate surface area is 64.5 Å². The van der Waals surface area contributed by atoms with Crippen molar-refractivity contribution >= 4 is 0 Å². The lowest BCUT2D eigenvalue weighted by Crippen LogP contribution is -2.18. The first-order valence-corrected chi connectivity index (χ1v) is 3.43. The van der Waals surface area contributed by atoms with E-state index in [0.717, 1.165) is 5.69 Å². The topological polar surface area (TPSA) is 71.8 Å². The van der Waals surface area contributed by atoms with Gasteiger partial charge in [-0.1, -0.05) is 0 Å². The van der Waals surface area contributed by atoms with Crippen LogP contribution in [0.1, 0.15) is 24.4 Å². The Morgan fingerprint density at radius 1 is 1.73 bits per heavy atom. The summed E-state index contributed by atoms with van der Waals surface area (Å²) in [5.74, 6) is 0. The first-order chi connectivity index (χ1) is 5.09. The van der Waals surface area contributed by atoms with E-state index in [4.69, 9.17) is 5.73 Å². The summed E-state index contributed by atoms with van der Waals surface area (Å²) in [4.78, 5) is 17.0. The molecule has 1 aromatic rings. The van der Waals surface area contributed by atoms with Crippen LogP contribution in [0.2, 0.25) is 0 Å². The summed E-state index contributed by atoms with van der Waals surface area (Å²) in [6.45, 7) is 3.59. The fourth-order valence-corrected chi connectivity index (χ4v) is 0.837. The van der Waals surface area contributed by atoms with Crippen LogP contribution < -0.4 is 11.4 Å². The Kier molecular flexibility index (Phi) is 2.05. The number of hydrogen-bond acceptors (Lipinski definition) is 3. The summed E-state index contributed by atoms with van der Waals surface area (Å²) >= 11 is 0. The molecule has 1 rings (SSSR count). The molecule has 1 unspecified atom stereocenters. The van der Waals surface area contributed by atoms with Gasteiger partial charge in [0.05, 0.1) is 5.69 Å². The van der Waals surface area contributed by atoms with Crippen molar-refractivity contribution in [2.75, 3.05) is 0 Å². The van der Waals surface area contributed by atoms with Gasteiger partial charge in [0.25, 0.3) is 0 Å². The van der Waals surface area contributed by atoms with Crippen molar-refractivity contribution in [1.82, 2.24) is 9.97 Å². The summed E-state index contributed by atoms with van der Waals surface area (Å²) in [6, 6.07) is 1.59. The van der Waals surface area contributed by atoms with Crippen LogP contribution in [-0.2, 0) is 0 Å². The molecular formula is C7H11N3O. The molecule has 0 bridgehead atoms. The molecule has 0 radical (unpaired) electrons. The molecule has 0 aliphatic heterocycles. The van der Waals surface area contributed by atoms with Gasteiger partial charge < -0.3 is 10.7 Å². The molecule has 4 nitrogen and oxygen atoms in total. The van der Waals surface area contributed by atoms with Gasteiger partial charge in [-0.25, -0.2) is 4.79 Å². The van der Waals surface area contributed by atoms with E-state index in [1.54, 1.807) is 19.9 Å². The summed E-state index contributed by atoms with van der Waals surface area (Å²) in [5.41, 5.74) is 6.62. The van der Waals surface area contributed by atoms with E-state index in [9.17, 15) is 4.79 Å². The van der Waals surface area contributed by atoms with Gasteiger partial charge in [0.2, 0.25) is 0 Å². The van der Waals surface area contributed by atoms with E-state index in [0.29, 0.717) is 5.69 Å². The molecule has 0 saturated heterocycles. The predicted octanol–water partition coefficient (Wildman–Crippen LogP) is 0.0980. The average molecular weight is 153 g/mol. The summed E-state index contributed by atoms with van der Waals surface area (Å²) in [5, 5.41) is 0. The second-order valence-electron chi connectivity index (χ2n) is 2.58. The second kappa shape index (κ2) is 2.84. The van der Waals surface area contributed by atoms with Crippen LogP contribution in [0.3, 0.4) is 0 Å². The van der Waals surface area contributed by atoms with E-state index >= 15 is 0 Å². The first-order valence-electron chi connectivity index (χ1n) is 3.43. The molecule has 11 heavy (non-hydrogen) atoms. The Balaban J connectivity index is 3.19. The molecule has 0 aliphatic rings. The van der Waals surface area contributed by atoms with Gasteiger partial charge in [-0.15, -0.1) is 0 Å². The summed E-state index contributed by atoms with van der Waals surface area (Å²) < 4.78 is 0. The molecule has 60 valence electrons. The highest BCUT2D eigenvalue weighted by Gasteiger charge is 2.01. The number of aromatic amines is 1. The van der Waals surface area contributed by atoms with Crippen molar-refractivity contribution in [1.29, 1.82) is 0 Å². The predicted molar refractivity (Wildman–Crippen MR) is 42.2 cm³/mol. The van der Waals surface area contributed by atoms with E-state index in [1.807, 2.05) is 0 Å². The third-order valence-electron chi connectivity index (χ3n) is 1.37. The lowest BCUT2D eigenvalue weighted by Gasteiger charge is -2.02. The third kappa shape index (κ3) is 1.88. The Morgan fingerprint density at radius 2 is 2.36 bits per heavy atom. The first kappa shape index (κ1) is 7.94. The van der Waals surface area contributed by atoms with Crippen LogP contribution in [0.5, 0.6) is 0 Å². The zero-order valence-electron chi connectivity index (χ0n) is 6.59. The van der Waals surface area contributed by atoms with Crippen molar-refractivity contribution in [3.8, 4) is 0 Å². The quantitative estimate of drug-likeness (QED) is 0.601. The molecule has 0 spiro atoms. The number of rotatable bonds is 1. The van der Waals surface area contributed by atoms with Gasteiger partial charge in [-0.3, -0.25) is 0 Å². The number of nitrogens with one attached hydrogen (secondary N) is 1. The second-order valence-corrected chi connectivity index (χ2v) is 2.58. The molecular weight excluding hydrogens is 142 g/mol. The Hall–Kier alpha value is -1.16. The molecule has 0 aromatic carbocycles. The van der Waals surface area contributed by atoms with Crippen molar-refractivity contribution in [3.63, 3.8) is 0 Å². The molecule has 0 aliphatic carbocycles. The lowest BCUT2D eigenvalue weighted by atomic mass is 10.2. The van der Waals surface area contributed by atoms with E-state index in [1.165, 1.54) is 0 Å². The number of H-pyrrole nitrogens is 1. The molecule has 1 atom stereocenters. The van der Waals surface area contributed by atoms with E-state index in [2.05, 4.69) is 9.97 Å². The van der Waals surface area contributed by atoms with E-state index < -0.39 is 0 Å². The van der Waals surface area contributed by atoms with Crippen LogP contribution in [0, 0.1) is 6.92 Å².